The Balaban J connectivity index is 0.000000155. The molecular formula is C77H82BBr2Cl2N5O11S2. The van der Waals surface area contributed by atoms with Gasteiger partial charge in [0, 0.05) is 80.5 Å². The highest BCUT2D eigenvalue weighted by Crippen LogP contribution is 2.48. The van der Waals surface area contributed by atoms with E-state index in [1.54, 1.807) is 46.9 Å². The summed E-state index contributed by atoms with van der Waals surface area (Å²) in [4.78, 5) is 76.2. The number of anilines is 3. The zero-order valence-corrected chi connectivity index (χ0v) is 65.6. The average Bonchev–Trinajstić information content (AvgIpc) is 1.36. The molecular weight excluding hydrogens is 1480 g/mol. The number of halogens is 4. The third-order valence-electron chi connectivity index (χ3n) is 17.8. The van der Waals surface area contributed by atoms with E-state index in [1.807, 2.05) is 212 Å². The number of aromatic nitrogens is 2. The van der Waals surface area contributed by atoms with Gasteiger partial charge in [0.15, 0.2) is 16.1 Å². The number of carbonyl (C=O) groups is 5. The van der Waals surface area contributed by atoms with E-state index in [0.717, 1.165) is 123 Å². The molecule has 7 aromatic carbocycles. The quantitative estimate of drug-likeness (QED) is 0.0835. The minimum atomic E-state index is -0.924. The van der Waals surface area contributed by atoms with Gasteiger partial charge in [-0.1, -0.05) is 75.5 Å². The van der Waals surface area contributed by atoms with Crippen molar-refractivity contribution in [3.05, 3.63) is 173 Å². The van der Waals surface area contributed by atoms with E-state index in [1.165, 1.54) is 11.3 Å². The number of rotatable bonds is 12. The third-order valence-corrected chi connectivity index (χ3v) is 21.5. The van der Waals surface area contributed by atoms with Crippen molar-refractivity contribution in [1.82, 2.24) is 9.97 Å². The molecule has 0 bridgehead atoms. The average molecular weight is 1560 g/mol. The first-order valence-electron chi connectivity index (χ1n) is 32.9. The number of nitrogens with zero attached hydrogens (tertiary/aromatic N) is 5. The highest BCUT2D eigenvalue weighted by molar-refractivity contribution is 9.11. The number of esters is 2. The summed E-state index contributed by atoms with van der Waals surface area (Å²) in [6, 6.07) is 37.1. The van der Waals surface area contributed by atoms with Gasteiger partial charge in [-0.25, -0.2) is 19.6 Å². The van der Waals surface area contributed by atoms with Gasteiger partial charge in [-0.3, -0.25) is 14.4 Å². The number of ether oxygens (including phenoxy) is 4. The maximum Gasteiger partial charge on any atom is 0.494 e. The number of thiazole rings is 2. The molecule has 0 spiro atoms. The van der Waals surface area contributed by atoms with E-state index < -0.39 is 35.3 Å². The molecule has 4 aliphatic heterocycles. The first-order valence-corrected chi connectivity index (χ1v) is 36.9. The molecule has 4 aliphatic rings. The van der Waals surface area contributed by atoms with Crippen LogP contribution in [0.5, 0.6) is 0 Å². The van der Waals surface area contributed by atoms with Gasteiger partial charge in [-0.15, -0.1) is 22.7 Å². The lowest BCUT2D eigenvalue weighted by Crippen LogP contribution is -2.41. The van der Waals surface area contributed by atoms with E-state index in [4.69, 9.17) is 56.4 Å². The standard InChI is InChI=1S/C31H31ClN2O4S.C22H23BrClNO3S.C15H20BNO3.C9H8BrNO/c1-7-37-30(36)27(38-31(3,4)5)25-17(2)14-22-28(26(25)18-8-11-21(32)12-9-18)39-29(33-22)19-10-13-23-20(15-19)16-24(35)34(23)6;1-6-27-20(26)18(28-22(3,4)5)16-12(2)11-15-19(29-21(23)25-15)17(16)13-7-9-14(24)10-8-13;1-14(2)15(3,4)20-16(19-14)11-6-7-12-10(8-11)9-13(18)17(12)5;1-11-8-3-2-7(10)4-6(8)5-9(11)12/h8-15,27H,7,16H2,1-6H3;7-11,18H,6H2,1-5H3;6-8H,9H2,1-5H3;2-4H,5H2,1H3/t27-;18-;;/m00../s1. The van der Waals surface area contributed by atoms with Crippen molar-refractivity contribution >= 4 is 157 Å². The van der Waals surface area contributed by atoms with Crippen LogP contribution in [0.3, 0.4) is 0 Å². The number of amides is 3. The predicted molar refractivity (Wildman–Crippen MR) is 411 cm³/mol. The number of hydrogen-bond donors (Lipinski definition) is 0. The van der Waals surface area contributed by atoms with Crippen LogP contribution in [-0.2, 0) is 71.5 Å². The number of carbonyl (C=O) groups excluding carboxylic acids is 5. The molecule has 524 valence electrons. The zero-order valence-electron chi connectivity index (χ0n) is 59.3. The van der Waals surface area contributed by atoms with E-state index in [9.17, 15) is 24.0 Å². The van der Waals surface area contributed by atoms with Crippen LogP contribution in [0.4, 0.5) is 17.1 Å². The molecule has 1 fully saturated rings. The number of likely N-dealkylation sites (N-methyl/N-ethyl adjacent to an activating group) is 3. The van der Waals surface area contributed by atoms with Gasteiger partial charge in [0.25, 0.3) is 0 Å². The van der Waals surface area contributed by atoms with Gasteiger partial charge in [-0.2, -0.15) is 0 Å². The summed E-state index contributed by atoms with van der Waals surface area (Å²) < 4.78 is 39.3. The second kappa shape index (κ2) is 30.2. The Morgan fingerprint density at radius 3 is 1.39 bits per heavy atom. The Kier molecular flexibility index (Phi) is 22.9. The fraction of sp³-hybridized carbons (Fsp3) is 0.364. The molecule has 13 rings (SSSR count). The topological polar surface area (TPSA) is 176 Å². The second-order valence-electron chi connectivity index (χ2n) is 27.9. The van der Waals surface area contributed by atoms with Crippen LogP contribution in [0.15, 0.2) is 124 Å². The molecule has 0 unspecified atom stereocenters. The highest BCUT2D eigenvalue weighted by Gasteiger charge is 2.52. The van der Waals surface area contributed by atoms with Gasteiger partial charge in [0.2, 0.25) is 17.7 Å². The fourth-order valence-corrected chi connectivity index (χ4v) is 15.6. The second-order valence-corrected chi connectivity index (χ2v) is 32.9. The molecule has 6 heterocycles. The molecule has 0 saturated carbocycles. The molecule has 3 amide bonds. The van der Waals surface area contributed by atoms with E-state index in [2.05, 4.69) is 36.8 Å². The van der Waals surface area contributed by atoms with Crippen molar-refractivity contribution in [3.63, 3.8) is 0 Å². The molecule has 1 saturated heterocycles. The minimum Gasteiger partial charge on any atom is -0.464 e. The Labute approximate surface area is 620 Å². The molecule has 2 atom stereocenters. The molecule has 100 heavy (non-hydrogen) atoms. The Hall–Kier alpha value is -6.89. The van der Waals surface area contributed by atoms with E-state index in [-0.39, 0.29) is 49.3 Å². The van der Waals surface area contributed by atoms with Gasteiger partial charge in [-0.05, 0) is 236 Å². The summed E-state index contributed by atoms with van der Waals surface area (Å²) in [7, 11) is 5.05. The number of aryl methyl sites for hydroxylation is 2. The molecule has 0 radical (unpaired) electrons. The minimum absolute atomic E-state index is 0.0839. The predicted octanol–water partition coefficient (Wildman–Crippen LogP) is 18.1. The Morgan fingerprint density at radius 2 is 0.950 bits per heavy atom. The highest BCUT2D eigenvalue weighted by atomic mass is 79.9. The van der Waals surface area contributed by atoms with Crippen LogP contribution in [0, 0.1) is 13.8 Å². The normalized spacial score (nSPS) is 15.8. The van der Waals surface area contributed by atoms with Crippen LogP contribution < -0.4 is 20.2 Å². The lowest BCUT2D eigenvalue weighted by Gasteiger charge is -2.32. The van der Waals surface area contributed by atoms with Crippen LogP contribution in [0.2, 0.25) is 10.0 Å². The lowest BCUT2D eigenvalue weighted by atomic mass is 9.78. The fourth-order valence-electron chi connectivity index (χ4n) is 12.3. The van der Waals surface area contributed by atoms with Crippen LogP contribution in [-0.4, -0.2) is 104 Å². The van der Waals surface area contributed by atoms with Crippen molar-refractivity contribution in [2.75, 3.05) is 49.1 Å². The molecule has 16 nitrogen and oxygen atoms in total. The van der Waals surface area contributed by atoms with E-state index >= 15 is 0 Å². The monoisotopic (exact) mass is 1560 g/mol. The molecule has 2 aromatic heterocycles. The Bertz CT molecular complexity index is 4630. The molecule has 0 aliphatic carbocycles. The van der Waals surface area contributed by atoms with Crippen molar-refractivity contribution < 1.29 is 52.2 Å². The van der Waals surface area contributed by atoms with Gasteiger partial charge < -0.3 is 43.0 Å². The summed E-state index contributed by atoms with van der Waals surface area (Å²) in [5, 5.41) is 2.11. The smallest absolute Gasteiger partial charge is 0.464 e. The van der Waals surface area contributed by atoms with Crippen molar-refractivity contribution in [1.29, 1.82) is 0 Å². The third kappa shape index (κ3) is 16.6. The maximum atomic E-state index is 13.3. The molecule has 0 N–H and O–H groups in total. The zero-order chi connectivity index (χ0) is 72.8. The summed E-state index contributed by atoms with van der Waals surface area (Å²) in [5.41, 5.74) is 14.9. The summed E-state index contributed by atoms with van der Waals surface area (Å²) >= 11 is 22.3. The number of hydrogen-bond acceptors (Lipinski definition) is 15. The number of fused-ring (bicyclic) bond motifs is 5. The summed E-state index contributed by atoms with van der Waals surface area (Å²) in [6.07, 6.45) is -0.405. The van der Waals surface area contributed by atoms with Crippen LogP contribution in [0.1, 0.15) is 134 Å². The van der Waals surface area contributed by atoms with Crippen molar-refractivity contribution in [2.45, 2.75) is 151 Å². The lowest BCUT2D eigenvalue weighted by molar-refractivity contribution is -0.167. The summed E-state index contributed by atoms with van der Waals surface area (Å²) in [5.74, 6) is -0.444. The maximum absolute atomic E-state index is 13.3. The molecule has 23 heteroatoms. The van der Waals surface area contributed by atoms with Gasteiger partial charge in [0.1, 0.15) is 5.01 Å². The molecule has 9 aromatic rings. The first-order chi connectivity index (χ1) is 47.0. The first kappa shape index (κ1) is 75.8. The summed E-state index contributed by atoms with van der Waals surface area (Å²) in [6.45, 7) is 27.8. The van der Waals surface area contributed by atoms with E-state index in [0.29, 0.717) is 29.3 Å². The Morgan fingerprint density at radius 1 is 0.560 bits per heavy atom. The van der Waals surface area contributed by atoms with Gasteiger partial charge >= 0.3 is 19.1 Å². The van der Waals surface area contributed by atoms with Gasteiger partial charge in [0.05, 0.1) is 75.3 Å². The largest absolute Gasteiger partial charge is 0.494 e. The van der Waals surface area contributed by atoms with Crippen molar-refractivity contribution in [3.8, 4) is 32.8 Å². The number of benzene rings is 7. The van der Waals surface area contributed by atoms with Crippen LogP contribution >= 0.6 is 77.7 Å². The SMILES string of the molecule is CCOC(=O)[C@@H](OC(C)(C)C)c1c(C)cc2nc(-c3ccc4c(c3)CC(=O)N4C)sc2c1-c1ccc(Cl)cc1.CCOC(=O)[C@@H](OC(C)(C)C)c1c(C)cc2nc(Br)sc2c1-c1ccc(Cl)cc1.CN1C(=O)Cc2cc(B3OC(C)(C)C(C)(C)O3)ccc21.CN1C(=O)Cc2cc(Br)ccc21. The van der Waals surface area contributed by atoms with Crippen molar-refractivity contribution in [2.24, 2.45) is 0 Å². The van der Waals surface area contributed by atoms with Crippen LogP contribution in [0.25, 0.3) is 53.3 Å².